The Hall–Kier alpha value is -1.40. The van der Waals surface area contributed by atoms with Gasteiger partial charge in [0.05, 0.1) is 4.90 Å². The Morgan fingerprint density at radius 1 is 1.33 bits per heavy atom. The second-order valence-corrected chi connectivity index (χ2v) is 6.03. The number of aryl methyl sites for hydroxylation is 1. The van der Waals surface area contributed by atoms with Crippen LogP contribution in [-0.2, 0) is 14.8 Å². The van der Waals surface area contributed by atoms with E-state index in [9.17, 15) is 13.2 Å². The molecule has 1 aromatic rings. The third-order valence-electron chi connectivity index (χ3n) is 2.71. The van der Waals surface area contributed by atoms with Gasteiger partial charge in [-0.2, -0.15) is 0 Å². The molecule has 0 saturated heterocycles. The maximum absolute atomic E-state index is 12.2. The fourth-order valence-corrected chi connectivity index (χ4v) is 2.91. The van der Waals surface area contributed by atoms with Crippen molar-refractivity contribution in [3.05, 3.63) is 29.8 Å². The lowest BCUT2D eigenvalue weighted by atomic mass is 10.2. The van der Waals surface area contributed by atoms with Crippen LogP contribution >= 0.6 is 0 Å². The summed E-state index contributed by atoms with van der Waals surface area (Å²) in [5, 5.41) is 2.46. The van der Waals surface area contributed by atoms with Gasteiger partial charge in [0.25, 0.3) is 0 Å². The summed E-state index contributed by atoms with van der Waals surface area (Å²) in [6.45, 7) is 1.91. The molecule has 5 nitrogen and oxygen atoms in total. The summed E-state index contributed by atoms with van der Waals surface area (Å²) in [7, 11) is -0.517. The molecule has 0 bridgehead atoms. The first-order valence-corrected chi connectivity index (χ1v) is 7.06. The third kappa shape index (κ3) is 3.30. The maximum atomic E-state index is 12.2. The molecule has 0 aliphatic carbocycles. The van der Waals surface area contributed by atoms with Gasteiger partial charge in [0, 0.05) is 27.1 Å². The maximum Gasteiger partial charge on any atom is 0.243 e. The molecule has 0 unspecified atom stereocenters. The summed E-state index contributed by atoms with van der Waals surface area (Å²) in [6.07, 6.45) is 0.151. The molecule has 0 aliphatic rings. The molecule has 0 heterocycles. The first-order chi connectivity index (χ1) is 8.39. The highest BCUT2D eigenvalue weighted by atomic mass is 32.2. The summed E-state index contributed by atoms with van der Waals surface area (Å²) in [5.41, 5.74) is 0.698. The normalized spacial score (nSPS) is 11.6. The van der Waals surface area contributed by atoms with Crippen LogP contribution < -0.4 is 5.32 Å². The van der Waals surface area contributed by atoms with Crippen LogP contribution in [-0.4, -0.2) is 39.3 Å². The van der Waals surface area contributed by atoms with E-state index in [0.29, 0.717) is 5.56 Å². The SMILES string of the molecule is CNC(=O)CCN(C)S(=O)(=O)c1ccccc1C. The van der Waals surface area contributed by atoms with Gasteiger partial charge in [-0.15, -0.1) is 0 Å². The van der Waals surface area contributed by atoms with Crippen molar-refractivity contribution < 1.29 is 13.2 Å². The van der Waals surface area contributed by atoms with E-state index in [0.717, 1.165) is 0 Å². The van der Waals surface area contributed by atoms with Crippen LogP contribution in [0.3, 0.4) is 0 Å². The van der Waals surface area contributed by atoms with Gasteiger partial charge in [0.15, 0.2) is 0 Å². The molecule has 0 saturated carbocycles. The van der Waals surface area contributed by atoms with E-state index in [4.69, 9.17) is 0 Å². The smallest absolute Gasteiger partial charge is 0.243 e. The molecular formula is C12H18N2O3S. The molecule has 0 aliphatic heterocycles. The number of rotatable bonds is 5. The van der Waals surface area contributed by atoms with Crippen molar-refractivity contribution in [2.45, 2.75) is 18.2 Å². The summed E-state index contributed by atoms with van der Waals surface area (Å²) in [5.74, 6) is -0.179. The molecule has 1 rings (SSSR count). The molecule has 1 N–H and O–H groups in total. The molecule has 100 valence electrons. The van der Waals surface area contributed by atoms with Crippen LogP contribution in [0.2, 0.25) is 0 Å². The third-order valence-corrected chi connectivity index (χ3v) is 4.73. The molecule has 1 aromatic carbocycles. The van der Waals surface area contributed by atoms with Crippen LogP contribution in [0.4, 0.5) is 0 Å². The standard InChI is InChI=1S/C12H18N2O3S/c1-10-6-4-5-7-11(10)18(16,17)14(3)9-8-12(15)13-2/h4-7H,8-9H2,1-3H3,(H,13,15). The highest BCUT2D eigenvalue weighted by molar-refractivity contribution is 7.89. The van der Waals surface area contributed by atoms with Gasteiger partial charge in [0.2, 0.25) is 15.9 Å². The fourth-order valence-electron chi connectivity index (χ4n) is 1.52. The monoisotopic (exact) mass is 270 g/mol. The van der Waals surface area contributed by atoms with Crippen molar-refractivity contribution in [1.82, 2.24) is 9.62 Å². The number of nitrogens with one attached hydrogen (secondary N) is 1. The van der Waals surface area contributed by atoms with Gasteiger partial charge in [-0.3, -0.25) is 4.79 Å². The zero-order chi connectivity index (χ0) is 13.8. The van der Waals surface area contributed by atoms with E-state index in [1.165, 1.54) is 18.4 Å². The average Bonchev–Trinajstić information content (AvgIpc) is 2.35. The predicted molar refractivity (Wildman–Crippen MR) is 69.7 cm³/mol. The van der Waals surface area contributed by atoms with E-state index >= 15 is 0 Å². The number of hydrogen-bond donors (Lipinski definition) is 1. The molecule has 0 aromatic heterocycles. The first-order valence-electron chi connectivity index (χ1n) is 5.62. The summed E-state index contributed by atoms with van der Waals surface area (Å²) >= 11 is 0. The molecule has 0 spiro atoms. The average molecular weight is 270 g/mol. The molecule has 18 heavy (non-hydrogen) atoms. The second-order valence-electron chi connectivity index (χ2n) is 4.02. The Morgan fingerprint density at radius 3 is 2.50 bits per heavy atom. The van der Waals surface area contributed by atoms with Crippen molar-refractivity contribution in [1.29, 1.82) is 0 Å². The quantitative estimate of drug-likeness (QED) is 0.858. The topological polar surface area (TPSA) is 66.5 Å². The highest BCUT2D eigenvalue weighted by Gasteiger charge is 2.22. The summed E-state index contributed by atoms with van der Waals surface area (Å²) < 4.78 is 25.7. The summed E-state index contributed by atoms with van der Waals surface area (Å²) in [4.78, 5) is 11.4. The van der Waals surface area contributed by atoms with Crippen LogP contribution in [0.15, 0.2) is 29.2 Å². The number of nitrogens with zero attached hydrogens (tertiary/aromatic N) is 1. The predicted octanol–water partition coefficient (Wildman–Crippen LogP) is 0.752. The van der Waals surface area contributed by atoms with Gasteiger partial charge < -0.3 is 5.32 Å². The summed E-state index contributed by atoms with van der Waals surface area (Å²) in [6, 6.07) is 6.80. The Kier molecular flexibility index (Phi) is 4.86. The van der Waals surface area contributed by atoms with E-state index in [2.05, 4.69) is 5.32 Å². The second kappa shape index (κ2) is 5.97. The van der Waals surface area contributed by atoms with Crippen molar-refractivity contribution in [3.63, 3.8) is 0 Å². The Labute approximate surface area is 108 Å². The number of benzene rings is 1. The zero-order valence-corrected chi connectivity index (χ0v) is 11.6. The van der Waals surface area contributed by atoms with Crippen LogP contribution in [0.5, 0.6) is 0 Å². The van der Waals surface area contributed by atoms with Gasteiger partial charge in [-0.05, 0) is 18.6 Å². The van der Waals surface area contributed by atoms with Crippen molar-refractivity contribution in [2.24, 2.45) is 0 Å². The lowest BCUT2D eigenvalue weighted by molar-refractivity contribution is -0.120. The van der Waals surface area contributed by atoms with Crippen LogP contribution in [0.25, 0.3) is 0 Å². The Morgan fingerprint density at radius 2 is 1.94 bits per heavy atom. The lowest BCUT2D eigenvalue weighted by Gasteiger charge is -2.17. The lowest BCUT2D eigenvalue weighted by Crippen LogP contribution is -2.31. The minimum absolute atomic E-state index is 0.151. The molecule has 1 amide bonds. The molecule has 0 atom stereocenters. The largest absolute Gasteiger partial charge is 0.359 e. The van der Waals surface area contributed by atoms with Gasteiger partial charge in [0.1, 0.15) is 0 Å². The molecule has 0 fully saturated rings. The zero-order valence-electron chi connectivity index (χ0n) is 10.8. The highest BCUT2D eigenvalue weighted by Crippen LogP contribution is 2.18. The fraction of sp³-hybridized carbons (Fsp3) is 0.417. The molecule has 6 heteroatoms. The van der Waals surface area contributed by atoms with Crippen molar-refractivity contribution in [2.75, 3.05) is 20.6 Å². The van der Waals surface area contributed by atoms with E-state index < -0.39 is 10.0 Å². The Balaban J connectivity index is 2.87. The number of sulfonamides is 1. The first kappa shape index (κ1) is 14.7. The van der Waals surface area contributed by atoms with E-state index in [1.807, 2.05) is 0 Å². The number of hydrogen-bond acceptors (Lipinski definition) is 3. The Bertz CT molecular complexity index is 526. The van der Waals surface area contributed by atoms with Gasteiger partial charge in [-0.25, -0.2) is 12.7 Å². The van der Waals surface area contributed by atoms with Crippen LogP contribution in [0, 0.1) is 6.92 Å². The molecule has 0 radical (unpaired) electrons. The number of carbonyl (C=O) groups is 1. The van der Waals surface area contributed by atoms with E-state index in [-0.39, 0.29) is 23.8 Å². The minimum atomic E-state index is -3.52. The van der Waals surface area contributed by atoms with Crippen molar-refractivity contribution in [3.8, 4) is 0 Å². The van der Waals surface area contributed by atoms with E-state index in [1.54, 1.807) is 31.2 Å². The minimum Gasteiger partial charge on any atom is -0.359 e. The van der Waals surface area contributed by atoms with Gasteiger partial charge >= 0.3 is 0 Å². The number of carbonyl (C=O) groups excluding carboxylic acids is 1. The number of amides is 1. The molecular weight excluding hydrogens is 252 g/mol. The van der Waals surface area contributed by atoms with Crippen LogP contribution in [0.1, 0.15) is 12.0 Å². The van der Waals surface area contributed by atoms with Gasteiger partial charge in [-0.1, -0.05) is 18.2 Å². The van der Waals surface area contributed by atoms with Crippen molar-refractivity contribution >= 4 is 15.9 Å².